The molecule has 0 N–H and O–H groups in total. The predicted octanol–water partition coefficient (Wildman–Crippen LogP) is 7.30. The normalized spacial score (nSPS) is 13.2. The second-order valence-corrected chi connectivity index (χ2v) is 14.7. The third kappa shape index (κ3) is 4.12. The van der Waals surface area contributed by atoms with Gasteiger partial charge in [-0.15, -0.1) is 0 Å². The number of pyridine rings is 3. The molecule has 1 aliphatic rings. The van der Waals surface area contributed by atoms with Crippen LogP contribution in [0.5, 0.6) is 0 Å². The van der Waals surface area contributed by atoms with Gasteiger partial charge in [-0.3, -0.25) is 14.6 Å². The highest BCUT2D eigenvalue weighted by Crippen LogP contribution is 2.35. The molecule has 46 heavy (non-hydrogen) atoms. The molecule has 6 heteroatoms. The second-order valence-electron chi connectivity index (χ2n) is 13.7. The first-order chi connectivity index (χ1) is 22.2. The maximum Gasteiger partial charge on any atom is 0.244 e. The monoisotopic (exact) mass is 618 g/mol. The Morgan fingerprint density at radius 2 is 1.26 bits per heavy atom. The Morgan fingerprint density at radius 3 is 1.93 bits per heavy atom. The van der Waals surface area contributed by atoms with Gasteiger partial charge >= 0.3 is 0 Å². The molecule has 4 aromatic carbocycles. The molecule has 7 aromatic rings. The van der Waals surface area contributed by atoms with Crippen molar-refractivity contribution in [3.63, 3.8) is 0 Å². The number of fused-ring (bicyclic) bond motifs is 6. The predicted molar refractivity (Wildman–Crippen MR) is 195 cm³/mol. The standard InChI is InChI=1S/C40H35BN2O2S/c1-21(2)24-15-26(22(3)4)37(27(16-24)23(5)6)41-31-12-8-10-14-35(31)46-36-18-34-28(17-32(36)41)40(45)30-20-42-19-29-38(30)43(34)33-13-9-7-11-25(33)39(29)44/h7-23H,1-6H3. The number of aromatic nitrogens is 2. The first-order valence-corrected chi connectivity index (χ1v) is 17.1. The van der Waals surface area contributed by atoms with E-state index in [2.05, 4.69) is 99.5 Å². The van der Waals surface area contributed by atoms with Crippen LogP contribution >= 0.6 is 11.8 Å². The van der Waals surface area contributed by atoms with Crippen LogP contribution in [0.3, 0.4) is 0 Å². The van der Waals surface area contributed by atoms with Crippen molar-refractivity contribution in [3.8, 4) is 0 Å². The Hall–Kier alpha value is -4.42. The van der Waals surface area contributed by atoms with Crippen LogP contribution in [-0.4, -0.2) is 16.1 Å². The van der Waals surface area contributed by atoms with Crippen LogP contribution in [-0.2, 0) is 0 Å². The summed E-state index contributed by atoms with van der Waals surface area (Å²) in [6.07, 6.45) is 3.22. The molecular formula is C40H35BN2O2S. The Morgan fingerprint density at radius 1 is 0.630 bits per heavy atom. The molecule has 1 aliphatic heterocycles. The molecule has 0 aliphatic carbocycles. The van der Waals surface area contributed by atoms with Gasteiger partial charge in [0.1, 0.15) is 0 Å². The van der Waals surface area contributed by atoms with Gasteiger partial charge in [0.2, 0.25) is 6.71 Å². The third-order valence-electron chi connectivity index (χ3n) is 9.86. The lowest BCUT2D eigenvalue weighted by molar-refractivity contribution is 0.812. The van der Waals surface area contributed by atoms with Crippen molar-refractivity contribution < 1.29 is 0 Å². The maximum atomic E-state index is 14.4. The Kier molecular flexibility index (Phi) is 6.66. The summed E-state index contributed by atoms with van der Waals surface area (Å²) in [5, 5.41) is 2.21. The molecule has 0 bridgehead atoms. The van der Waals surface area contributed by atoms with E-state index in [4.69, 9.17) is 0 Å². The van der Waals surface area contributed by atoms with E-state index in [0.29, 0.717) is 44.8 Å². The minimum atomic E-state index is -0.0962. The molecule has 0 atom stereocenters. The van der Waals surface area contributed by atoms with Crippen molar-refractivity contribution in [2.45, 2.75) is 69.1 Å². The van der Waals surface area contributed by atoms with Crippen molar-refractivity contribution in [1.29, 1.82) is 0 Å². The molecule has 0 saturated heterocycles. The largest absolute Gasteiger partial charge is 0.307 e. The highest BCUT2D eigenvalue weighted by atomic mass is 32.2. The van der Waals surface area contributed by atoms with Crippen LogP contribution in [0.25, 0.3) is 38.1 Å². The molecule has 226 valence electrons. The summed E-state index contributed by atoms with van der Waals surface area (Å²) >= 11 is 1.77. The van der Waals surface area contributed by atoms with Crippen molar-refractivity contribution >= 4 is 73.0 Å². The highest BCUT2D eigenvalue weighted by Gasteiger charge is 2.36. The molecule has 0 amide bonds. The molecule has 0 fully saturated rings. The molecule has 8 rings (SSSR count). The van der Waals surface area contributed by atoms with Crippen molar-refractivity contribution in [2.24, 2.45) is 0 Å². The summed E-state index contributed by atoms with van der Waals surface area (Å²) in [4.78, 5) is 34.8. The van der Waals surface area contributed by atoms with E-state index >= 15 is 0 Å². The first kappa shape index (κ1) is 29.0. The lowest BCUT2D eigenvalue weighted by Crippen LogP contribution is -2.57. The summed E-state index contributed by atoms with van der Waals surface area (Å²) in [7, 11) is 0. The highest BCUT2D eigenvalue weighted by molar-refractivity contribution is 8.00. The zero-order valence-electron chi connectivity index (χ0n) is 27.0. The molecule has 3 aromatic heterocycles. The van der Waals surface area contributed by atoms with Crippen LogP contribution in [0.15, 0.2) is 105 Å². The van der Waals surface area contributed by atoms with E-state index < -0.39 is 0 Å². The van der Waals surface area contributed by atoms with E-state index in [1.807, 2.05) is 24.3 Å². The number of rotatable bonds is 4. The molecule has 4 nitrogen and oxygen atoms in total. The van der Waals surface area contributed by atoms with E-state index in [-0.39, 0.29) is 17.6 Å². The number of nitrogens with zero attached hydrogens (tertiary/aromatic N) is 2. The SMILES string of the molecule is CC(C)c1cc(C(C)C)c(B2c3ccccc3Sc3cc4c(cc32)c(=O)c2cncc3c(=O)c5ccccc5n4c32)c(C(C)C)c1. The third-order valence-corrected chi connectivity index (χ3v) is 11.0. The van der Waals surface area contributed by atoms with Crippen LogP contribution in [0.2, 0.25) is 0 Å². The molecular weight excluding hydrogens is 583 g/mol. The van der Waals surface area contributed by atoms with Crippen molar-refractivity contribution in [3.05, 3.63) is 122 Å². The lowest BCUT2D eigenvalue weighted by Gasteiger charge is -2.32. The Labute approximate surface area is 272 Å². The summed E-state index contributed by atoms with van der Waals surface area (Å²) in [5.74, 6) is 1.08. The zero-order valence-corrected chi connectivity index (χ0v) is 27.8. The topological polar surface area (TPSA) is 51.4 Å². The summed E-state index contributed by atoms with van der Waals surface area (Å²) in [6, 6.07) is 25.6. The lowest BCUT2D eigenvalue weighted by atomic mass is 9.34. The average Bonchev–Trinajstić information content (AvgIpc) is 3.05. The number of hydrogen-bond acceptors (Lipinski definition) is 4. The Balaban J connectivity index is 1.54. The fraction of sp³-hybridized carbons (Fsp3) is 0.225. The van der Waals surface area contributed by atoms with Crippen LogP contribution in [0.4, 0.5) is 0 Å². The van der Waals surface area contributed by atoms with Gasteiger partial charge in [-0.05, 0) is 58.7 Å². The van der Waals surface area contributed by atoms with Gasteiger partial charge in [-0.1, -0.05) is 118 Å². The van der Waals surface area contributed by atoms with Gasteiger partial charge in [0.25, 0.3) is 0 Å². The quantitative estimate of drug-likeness (QED) is 0.118. The van der Waals surface area contributed by atoms with E-state index in [9.17, 15) is 9.59 Å². The van der Waals surface area contributed by atoms with E-state index in [1.54, 1.807) is 24.2 Å². The van der Waals surface area contributed by atoms with Crippen LogP contribution in [0, 0.1) is 0 Å². The number of hydrogen-bond donors (Lipinski definition) is 0. The van der Waals surface area contributed by atoms with Crippen molar-refractivity contribution in [1.82, 2.24) is 9.38 Å². The average molecular weight is 619 g/mol. The first-order valence-electron chi connectivity index (χ1n) is 16.2. The second kappa shape index (κ2) is 10.6. The number of benzene rings is 4. The van der Waals surface area contributed by atoms with Crippen molar-refractivity contribution in [2.75, 3.05) is 0 Å². The van der Waals surface area contributed by atoms with Gasteiger partial charge < -0.3 is 4.40 Å². The molecule has 0 unspecified atom stereocenters. The van der Waals surface area contributed by atoms with Gasteiger partial charge in [-0.25, -0.2) is 0 Å². The van der Waals surface area contributed by atoms with E-state index in [1.165, 1.54) is 32.5 Å². The zero-order chi connectivity index (χ0) is 32.0. The minimum Gasteiger partial charge on any atom is -0.307 e. The molecule has 0 saturated carbocycles. The van der Waals surface area contributed by atoms with Crippen LogP contribution in [0.1, 0.15) is 76.0 Å². The van der Waals surface area contributed by atoms with E-state index in [0.717, 1.165) is 21.4 Å². The maximum absolute atomic E-state index is 14.4. The molecule has 0 spiro atoms. The fourth-order valence-electron chi connectivity index (χ4n) is 7.57. The summed E-state index contributed by atoms with van der Waals surface area (Å²) in [5.41, 5.74) is 10.00. The molecule has 0 radical (unpaired) electrons. The smallest absolute Gasteiger partial charge is 0.244 e. The minimum absolute atomic E-state index is 0.0253. The molecule has 4 heterocycles. The number of para-hydroxylation sites is 1. The van der Waals surface area contributed by atoms with Gasteiger partial charge in [0.15, 0.2) is 10.9 Å². The summed E-state index contributed by atoms with van der Waals surface area (Å²) in [6.45, 7) is 13.7. The van der Waals surface area contributed by atoms with Gasteiger partial charge in [-0.2, -0.15) is 0 Å². The van der Waals surface area contributed by atoms with Crippen LogP contribution < -0.4 is 27.2 Å². The van der Waals surface area contributed by atoms with Gasteiger partial charge in [0.05, 0.1) is 27.3 Å². The Bertz CT molecular complexity index is 2470. The fourth-order valence-corrected chi connectivity index (χ4v) is 8.72. The van der Waals surface area contributed by atoms with Gasteiger partial charge in [0, 0.05) is 33.0 Å². The summed E-state index contributed by atoms with van der Waals surface area (Å²) < 4.78 is 2.12.